The Morgan fingerprint density at radius 2 is 1.65 bits per heavy atom. The van der Waals surface area contributed by atoms with Crippen LogP contribution in [0.15, 0.2) is 48.5 Å². The molecule has 0 spiro atoms. The van der Waals surface area contributed by atoms with E-state index < -0.39 is 6.04 Å². The van der Waals surface area contributed by atoms with Crippen molar-refractivity contribution in [2.45, 2.75) is 58.5 Å². The fraction of sp³-hybridized carbons (Fsp3) is 0.440. The Kier molecular flexibility index (Phi) is 9.92. The molecule has 2 amide bonds. The summed E-state index contributed by atoms with van der Waals surface area (Å²) in [6.07, 6.45) is 0.849. The Balaban J connectivity index is 2.04. The maximum absolute atomic E-state index is 13.1. The van der Waals surface area contributed by atoms with Gasteiger partial charge in [0, 0.05) is 18.3 Å². The minimum atomic E-state index is -0.538. The largest absolute Gasteiger partial charge is 0.497 e. The quantitative estimate of drug-likeness (QED) is 0.554. The van der Waals surface area contributed by atoms with Gasteiger partial charge in [0.15, 0.2) is 0 Å². The van der Waals surface area contributed by atoms with Crippen molar-refractivity contribution in [3.05, 3.63) is 65.2 Å². The molecule has 0 aliphatic carbocycles. The second-order valence-corrected chi connectivity index (χ2v) is 8.83. The Morgan fingerprint density at radius 3 is 2.23 bits per heavy atom. The maximum Gasteiger partial charge on any atom is 0.242 e. The van der Waals surface area contributed by atoms with Gasteiger partial charge in [-0.05, 0) is 50.5 Å². The first-order chi connectivity index (χ1) is 14.8. The lowest BCUT2D eigenvalue weighted by molar-refractivity contribution is -0.138. The highest BCUT2D eigenvalue weighted by Crippen LogP contribution is 2.18. The number of nitrogens with one attached hydrogen (secondary N) is 1. The molecular formula is C25H34N2O3S. The molecule has 0 fully saturated rings. The molecule has 0 aromatic heterocycles. The molecule has 0 heterocycles. The van der Waals surface area contributed by atoms with E-state index in [1.165, 1.54) is 5.56 Å². The number of benzene rings is 2. The molecular weight excluding hydrogens is 408 g/mol. The predicted molar refractivity (Wildman–Crippen MR) is 128 cm³/mol. The summed E-state index contributed by atoms with van der Waals surface area (Å²) in [5.74, 6) is 1.71. The van der Waals surface area contributed by atoms with Crippen molar-refractivity contribution in [1.82, 2.24) is 10.2 Å². The van der Waals surface area contributed by atoms with E-state index in [9.17, 15) is 9.59 Å². The first-order valence-corrected chi connectivity index (χ1v) is 11.9. The second-order valence-electron chi connectivity index (χ2n) is 7.84. The van der Waals surface area contributed by atoms with Crippen molar-refractivity contribution in [2.75, 3.05) is 12.9 Å². The lowest BCUT2D eigenvalue weighted by atomic mass is 10.1. The van der Waals surface area contributed by atoms with Crippen molar-refractivity contribution < 1.29 is 14.3 Å². The molecule has 0 bridgehead atoms. The van der Waals surface area contributed by atoms with Crippen molar-refractivity contribution in [2.24, 2.45) is 0 Å². The average molecular weight is 443 g/mol. The van der Waals surface area contributed by atoms with Gasteiger partial charge in [0.1, 0.15) is 11.8 Å². The number of thioether (sulfide) groups is 1. The van der Waals surface area contributed by atoms with Gasteiger partial charge in [0.25, 0.3) is 0 Å². The Hall–Kier alpha value is -2.47. The molecule has 2 aromatic carbocycles. The molecule has 2 aromatic rings. The number of carbonyl (C=O) groups is 2. The molecule has 168 valence electrons. The van der Waals surface area contributed by atoms with Crippen LogP contribution in [0.4, 0.5) is 0 Å². The third kappa shape index (κ3) is 7.94. The van der Waals surface area contributed by atoms with E-state index in [0.29, 0.717) is 12.3 Å². The SMILES string of the molecule is CCC(C)NC(=O)C(C)N(Cc1ccc(C)cc1)C(=O)CSCc1ccc(OC)cc1. The molecule has 0 radical (unpaired) electrons. The van der Waals surface area contributed by atoms with Crippen LogP contribution in [-0.4, -0.2) is 41.7 Å². The van der Waals surface area contributed by atoms with Crippen LogP contribution >= 0.6 is 11.8 Å². The highest BCUT2D eigenvalue weighted by molar-refractivity contribution is 7.99. The fourth-order valence-electron chi connectivity index (χ4n) is 3.00. The van der Waals surface area contributed by atoms with Crippen LogP contribution < -0.4 is 10.1 Å². The van der Waals surface area contributed by atoms with E-state index in [2.05, 4.69) is 5.32 Å². The standard InChI is InChI=1S/C25H34N2O3S/c1-6-19(3)26-25(29)20(4)27(15-21-9-7-18(2)8-10-21)24(28)17-31-16-22-11-13-23(30-5)14-12-22/h7-14,19-20H,6,15-17H2,1-5H3,(H,26,29). The zero-order chi connectivity index (χ0) is 22.8. The van der Waals surface area contributed by atoms with E-state index in [1.54, 1.807) is 30.7 Å². The van der Waals surface area contributed by atoms with Crippen LogP contribution in [0.5, 0.6) is 5.75 Å². The number of carbonyl (C=O) groups excluding carboxylic acids is 2. The van der Waals surface area contributed by atoms with Crippen LogP contribution in [0.3, 0.4) is 0 Å². The average Bonchev–Trinajstić information content (AvgIpc) is 2.78. The summed E-state index contributed by atoms with van der Waals surface area (Å²) < 4.78 is 5.19. The summed E-state index contributed by atoms with van der Waals surface area (Å²) in [6, 6.07) is 15.5. The van der Waals surface area contributed by atoms with Crippen molar-refractivity contribution in [3.8, 4) is 5.75 Å². The van der Waals surface area contributed by atoms with Gasteiger partial charge in [-0.25, -0.2) is 0 Å². The van der Waals surface area contributed by atoms with Gasteiger partial charge in [-0.1, -0.05) is 48.9 Å². The second kappa shape index (κ2) is 12.4. The van der Waals surface area contributed by atoms with Crippen molar-refractivity contribution >= 4 is 23.6 Å². The van der Waals surface area contributed by atoms with E-state index in [0.717, 1.165) is 29.1 Å². The minimum absolute atomic E-state index is 0.0362. The summed E-state index contributed by atoms with van der Waals surface area (Å²) in [7, 11) is 1.64. The van der Waals surface area contributed by atoms with Gasteiger partial charge in [0.2, 0.25) is 11.8 Å². The molecule has 6 heteroatoms. The molecule has 0 saturated carbocycles. The van der Waals surface area contributed by atoms with Crippen molar-refractivity contribution in [3.63, 3.8) is 0 Å². The number of ether oxygens (including phenoxy) is 1. The fourth-order valence-corrected chi connectivity index (χ4v) is 3.87. The number of hydrogen-bond donors (Lipinski definition) is 1. The van der Waals surface area contributed by atoms with Gasteiger partial charge in [-0.15, -0.1) is 11.8 Å². The summed E-state index contributed by atoms with van der Waals surface area (Å²) in [5.41, 5.74) is 3.31. The molecule has 5 nitrogen and oxygen atoms in total. The smallest absolute Gasteiger partial charge is 0.242 e. The predicted octanol–water partition coefficient (Wildman–Crippen LogP) is 4.57. The molecule has 0 saturated heterocycles. The minimum Gasteiger partial charge on any atom is -0.497 e. The first kappa shape index (κ1) is 24.8. The monoisotopic (exact) mass is 442 g/mol. The van der Waals surface area contributed by atoms with E-state index in [1.807, 2.05) is 69.3 Å². The molecule has 2 atom stereocenters. The molecule has 0 aliphatic heterocycles. The third-order valence-electron chi connectivity index (χ3n) is 5.30. The number of rotatable bonds is 11. The topological polar surface area (TPSA) is 58.6 Å². The zero-order valence-electron chi connectivity index (χ0n) is 19.2. The Labute approximate surface area is 190 Å². The lowest BCUT2D eigenvalue weighted by Crippen LogP contribution is -2.50. The number of nitrogens with zero attached hydrogens (tertiary/aromatic N) is 1. The summed E-state index contributed by atoms with van der Waals surface area (Å²) >= 11 is 1.55. The van der Waals surface area contributed by atoms with Crippen LogP contribution in [0.1, 0.15) is 43.9 Å². The van der Waals surface area contributed by atoms with E-state index in [-0.39, 0.29) is 17.9 Å². The lowest BCUT2D eigenvalue weighted by Gasteiger charge is -2.29. The van der Waals surface area contributed by atoms with Crippen LogP contribution in [-0.2, 0) is 21.9 Å². The normalized spacial score (nSPS) is 12.7. The molecule has 31 heavy (non-hydrogen) atoms. The van der Waals surface area contributed by atoms with Crippen LogP contribution in [0, 0.1) is 6.92 Å². The number of methoxy groups -OCH3 is 1. The molecule has 2 rings (SSSR count). The number of amides is 2. The maximum atomic E-state index is 13.1. The van der Waals surface area contributed by atoms with Gasteiger partial charge >= 0.3 is 0 Å². The molecule has 2 unspecified atom stereocenters. The molecule has 1 N–H and O–H groups in total. The number of aryl methyl sites for hydroxylation is 1. The van der Waals surface area contributed by atoms with Crippen molar-refractivity contribution in [1.29, 1.82) is 0 Å². The summed E-state index contributed by atoms with van der Waals surface area (Å²) in [5, 5.41) is 3.00. The zero-order valence-corrected chi connectivity index (χ0v) is 20.0. The van der Waals surface area contributed by atoms with Gasteiger partial charge in [-0.2, -0.15) is 0 Å². The van der Waals surface area contributed by atoms with Gasteiger partial charge in [-0.3, -0.25) is 9.59 Å². The Bertz CT molecular complexity index is 837. The Morgan fingerprint density at radius 1 is 1.03 bits per heavy atom. The summed E-state index contributed by atoms with van der Waals surface area (Å²) in [4.78, 5) is 27.5. The highest BCUT2D eigenvalue weighted by atomic mass is 32.2. The van der Waals surface area contributed by atoms with Crippen LogP contribution in [0.2, 0.25) is 0 Å². The van der Waals surface area contributed by atoms with Gasteiger partial charge < -0.3 is 15.0 Å². The van der Waals surface area contributed by atoms with E-state index in [4.69, 9.17) is 4.74 Å². The van der Waals surface area contributed by atoms with Gasteiger partial charge in [0.05, 0.1) is 12.9 Å². The molecule has 0 aliphatic rings. The highest BCUT2D eigenvalue weighted by Gasteiger charge is 2.26. The first-order valence-electron chi connectivity index (χ1n) is 10.7. The van der Waals surface area contributed by atoms with Crippen LogP contribution in [0.25, 0.3) is 0 Å². The van der Waals surface area contributed by atoms with E-state index >= 15 is 0 Å². The third-order valence-corrected chi connectivity index (χ3v) is 6.28. The summed E-state index contributed by atoms with van der Waals surface area (Å²) in [6.45, 7) is 8.25. The number of hydrogen-bond acceptors (Lipinski definition) is 4.